The van der Waals surface area contributed by atoms with Crippen LogP contribution < -0.4 is 10.2 Å². The van der Waals surface area contributed by atoms with Crippen LogP contribution in [0.1, 0.15) is 33.5 Å². The number of anilines is 1. The van der Waals surface area contributed by atoms with Gasteiger partial charge >= 0.3 is 0 Å². The minimum absolute atomic E-state index is 0.152. The second-order valence-corrected chi connectivity index (χ2v) is 5.06. The van der Waals surface area contributed by atoms with E-state index < -0.39 is 0 Å². The van der Waals surface area contributed by atoms with Crippen molar-refractivity contribution in [3.05, 3.63) is 47.7 Å². The lowest BCUT2D eigenvalue weighted by atomic mass is 10.1. The van der Waals surface area contributed by atoms with Crippen LogP contribution >= 0.6 is 0 Å². The summed E-state index contributed by atoms with van der Waals surface area (Å²) in [7, 11) is 0. The van der Waals surface area contributed by atoms with E-state index in [4.69, 9.17) is 4.42 Å². The molecule has 1 aromatic heterocycles. The average Bonchev–Trinajstić information content (AvgIpc) is 2.84. The third kappa shape index (κ3) is 2.29. The summed E-state index contributed by atoms with van der Waals surface area (Å²) in [6.45, 7) is 3.93. The van der Waals surface area contributed by atoms with E-state index in [0.717, 1.165) is 0 Å². The van der Waals surface area contributed by atoms with Crippen molar-refractivity contribution in [2.75, 3.05) is 11.4 Å². The molecule has 2 amide bonds. The van der Waals surface area contributed by atoms with Crippen molar-refractivity contribution in [3.8, 4) is 0 Å². The second-order valence-electron chi connectivity index (χ2n) is 5.06. The Balaban J connectivity index is 2.08. The molecular weight excluding hydrogens is 270 g/mol. The predicted octanol–water partition coefficient (Wildman–Crippen LogP) is 1.76. The highest BCUT2D eigenvalue weighted by atomic mass is 16.3. The number of oxazole rings is 1. The number of nitrogens with zero attached hydrogens (tertiary/aromatic N) is 2. The van der Waals surface area contributed by atoms with Gasteiger partial charge in [0.05, 0.1) is 11.3 Å². The van der Waals surface area contributed by atoms with Crippen molar-refractivity contribution in [2.45, 2.75) is 19.9 Å². The Morgan fingerprint density at radius 3 is 2.90 bits per heavy atom. The minimum atomic E-state index is -0.267. The first-order chi connectivity index (χ1) is 10.1. The van der Waals surface area contributed by atoms with Crippen molar-refractivity contribution in [1.29, 1.82) is 0 Å². The SMILES string of the molecule is Cc1ocnc1C(=O)N1CC(C)NC(=O)c2ccccc21. The van der Waals surface area contributed by atoms with Crippen molar-refractivity contribution < 1.29 is 14.0 Å². The van der Waals surface area contributed by atoms with E-state index in [-0.39, 0.29) is 23.6 Å². The smallest absolute Gasteiger partial charge is 0.280 e. The van der Waals surface area contributed by atoms with Gasteiger partial charge < -0.3 is 14.6 Å². The fraction of sp³-hybridized carbons (Fsp3) is 0.267. The van der Waals surface area contributed by atoms with E-state index in [9.17, 15) is 9.59 Å². The first kappa shape index (κ1) is 13.4. The molecule has 0 saturated carbocycles. The summed E-state index contributed by atoms with van der Waals surface area (Å²) < 4.78 is 5.10. The number of hydrogen-bond donors (Lipinski definition) is 1. The Hall–Kier alpha value is -2.63. The van der Waals surface area contributed by atoms with Crippen LogP contribution in [0.3, 0.4) is 0 Å². The van der Waals surface area contributed by atoms with E-state index in [1.165, 1.54) is 6.39 Å². The molecule has 21 heavy (non-hydrogen) atoms. The Kier molecular flexibility index (Phi) is 3.21. The lowest BCUT2D eigenvalue weighted by molar-refractivity contribution is 0.0938. The Morgan fingerprint density at radius 2 is 2.19 bits per heavy atom. The molecule has 1 aliphatic heterocycles. The molecule has 0 bridgehead atoms. The Morgan fingerprint density at radius 1 is 1.43 bits per heavy atom. The molecule has 1 N–H and O–H groups in total. The number of aryl methyl sites for hydroxylation is 1. The number of para-hydroxylation sites is 1. The standard InChI is InChI=1S/C15H15N3O3/c1-9-7-18(15(20)13-10(2)21-8-16-13)12-6-4-3-5-11(12)14(19)17-9/h3-6,8-9H,7H2,1-2H3,(H,17,19). The molecule has 0 fully saturated rings. The first-order valence-electron chi connectivity index (χ1n) is 6.69. The molecular formula is C15H15N3O3. The van der Waals surface area contributed by atoms with Crippen LogP contribution in [0.15, 0.2) is 35.1 Å². The van der Waals surface area contributed by atoms with Crippen LogP contribution in [0.25, 0.3) is 0 Å². The van der Waals surface area contributed by atoms with Gasteiger partial charge in [-0.3, -0.25) is 9.59 Å². The van der Waals surface area contributed by atoms with E-state index >= 15 is 0 Å². The lowest BCUT2D eigenvalue weighted by Crippen LogP contribution is -2.41. The second kappa shape index (κ2) is 5.05. The number of carbonyl (C=O) groups excluding carboxylic acids is 2. The minimum Gasteiger partial charge on any atom is -0.448 e. The number of fused-ring (bicyclic) bond motifs is 1. The molecule has 1 atom stereocenters. The van der Waals surface area contributed by atoms with Gasteiger partial charge in [0.2, 0.25) is 0 Å². The molecule has 6 nitrogen and oxygen atoms in total. The van der Waals surface area contributed by atoms with Gasteiger partial charge in [-0.2, -0.15) is 0 Å². The normalized spacial score (nSPS) is 17.9. The largest absolute Gasteiger partial charge is 0.448 e. The first-order valence-corrected chi connectivity index (χ1v) is 6.69. The number of aromatic nitrogens is 1. The van der Waals surface area contributed by atoms with Crippen LogP contribution in [-0.2, 0) is 0 Å². The van der Waals surface area contributed by atoms with E-state index in [1.54, 1.807) is 36.1 Å². The summed E-state index contributed by atoms with van der Waals surface area (Å²) in [6.07, 6.45) is 1.25. The summed E-state index contributed by atoms with van der Waals surface area (Å²) in [6, 6.07) is 6.90. The Labute approximate surface area is 121 Å². The average molecular weight is 285 g/mol. The molecule has 0 saturated heterocycles. The highest BCUT2D eigenvalue weighted by Crippen LogP contribution is 2.25. The molecule has 0 aliphatic carbocycles. The number of benzene rings is 1. The molecule has 6 heteroatoms. The van der Waals surface area contributed by atoms with Gasteiger partial charge in [0.15, 0.2) is 12.1 Å². The molecule has 0 radical (unpaired) electrons. The van der Waals surface area contributed by atoms with Crippen molar-refractivity contribution >= 4 is 17.5 Å². The fourth-order valence-electron chi connectivity index (χ4n) is 2.45. The predicted molar refractivity (Wildman–Crippen MR) is 76.3 cm³/mol. The van der Waals surface area contributed by atoms with Crippen LogP contribution in [0.5, 0.6) is 0 Å². The molecule has 2 aromatic rings. The van der Waals surface area contributed by atoms with Gasteiger partial charge in [0.1, 0.15) is 5.76 Å². The fourth-order valence-corrected chi connectivity index (χ4v) is 2.45. The molecule has 1 aliphatic rings. The summed E-state index contributed by atoms with van der Waals surface area (Å²) in [5, 5.41) is 2.87. The van der Waals surface area contributed by atoms with Crippen molar-refractivity contribution in [2.24, 2.45) is 0 Å². The summed E-state index contributed by atoms with van der Waals surface area (Å²) in [4.78, 5) is 30.4. The van der Waals surface area contributed by atoms with Crippen LogP contribution in [0.2, 0.25) is 0 Å². The third-order valence-corrected chi connectivity index (χ3v) is 3.47. The van der Waals surface area contributed by atoms with Gasteiger partial charge in [-0.15, -0.1) is 0 Å². The zero-order chi connectivity index (χ0) is 15.0. The maximum absolute atomic E-state index is 12.7. The zero-order valence-electron chi connectivity index (χ0n) is 11.8. The lowest BCUT2D eigenvalue weighted by Gasteiger charge is -2.23. The van der Waals surface area contributed by atoms with Gasteiger partial charge in [0.25, 0.3) is 11.8 Å². The van der Waals surface area contributed by atoms with Gasteiger partial charge in [-0.05, 0) is 26.0 Å². The molecule has 3 rings (SSSR count). The number of nitrogens with one attached hydrogen (secondary N) is 1. The summed E-state index contributed by atoms with van der Waals surface area (Å²) in [5.74, 6) is 0.0241. The Bertz CT molecular complexity index is 708. The maximum atomic E-state index is 12.7. The third-order valence-electron chi connectivity index (χ3n) is 3.47. The van der Waals surface area contributed by atoms with Crippen LogP contribution in [0, 0.1) is 6.92 Å². The molecule has 1 aromatic carbocycles. The summed E-state index contributed by atoms with van der Waals surface area (Å²) in [5.41, 5.74) is 1.34. The van der Waals surface area contributed by atoms with E-state index in [2.05, 4.69) is 10.3 Å². The zero-order valence-corrected chi connectivity index (χ0v) is 11.8. The molecule has 0 spiro atoms. The topological polar surface area (TPSA) is 75.4 Å². The van der Waals surface area contributed by atoms with E-state index in [1.807, 2.05) is 6.92 Å². The van der Waals surface area contributed by atoms with Crippen LogP contribution in [-0.4, -0.2) is 29.4 Å². The monoisotopic (exact) mass is 285 g/mol. The van der Waals surface area contributed by atoms with Crippen LogP contribution in [0.4, 0.5) is 5.69 Å². The highest BCUT2D eigenvalue weighted by Gasteiger charge is 2.30. The van der Waals surface area contributed by atoms with Crippen molar-refractivity contribution in [1.82, 2.24) is 10.3 Å². The molecule has 108 valence electrons. The van der Waals surface area contributed by atoms with E-state index in [0.29, 0.717) is 23.6 Å². The van der Waals surface area contributed by atoms with Gasteiger partial charge in [-0.25, -0.2) is 4.98 Å². The number of carbonyl (C=O) groups is 2. The van der Waals surface area contributed by atoms with Gasteiger partial charge in [-0.1, -0.05) is 12.1 Å². The number of amides is 2. The molecule has 1 unspecified atom stereocenters. The quantitative estimate of drug-likeness (QED) is 0.866. The van der Waals surface area contributed by atoms with Crippen molar-refractivity contribution in [3.63, 3.8) is 0 Å². The highest BCUT2D eigenvalue weighted by molar-refractivity contribution is 6.10. The maximum Gasteiger partial charge on any atom is 0.280 e. The van der Waals surface area contributed by atoms with Gasteiger partial charge in [0, 0.05) is 12.6 Å². The summed E-state index contributed by atoms with van der Waals surface area (Å²) >= 11 is 0. The number of hydrogen-bond acceptors (Lipinski definition) is 4. The number of rotatable bonds is 1. The molecule has 2 heterocycles.